The van der Waals surface area contributed by atoms with Crippen LogP contribution in [-0.4, -0.2) is 24.3 Å². The number of aliphatic hydroxyl groups is 1. The van der Waals surface area contributed by atoms with Gasteiger partial charge in [0.15, 0.2) is 6.10 Å². The topological polar surface area (TPSA) is 46.5 Å². The lowest BCUT2D eigenvalue weighted by molar-refractivity contribution is -0.151. The number of carbonyl (C=O) groups excluding carboxylic acids is 1. The molecular formula is C11H20O3. The van der Waals surface area contributed by atoms with Crippen molar-refractivity contribution in [1.29, 1.82) is 0 Å². The lowest BCUT2D eigenvalue weighted by Crippen LogP contribution is -2.26. The number of ether oxygens (including phenoxy) is 1. The van der Waals surface area contributed by atoms with E-state index in [1.165, 1.54) is 20.0 Å². The van der Waals surface area contributed by atoms with Crippen LogP contribution < -0.4 is 0 Å². The highest BCUT2D eigenvalue weighted by molar-refractivity contribution is 5.74. The minimum absolute atomic E-state index is 0.497. The molecular weight excluding hydrogens is 180 g/mol. The summed E-state index contributed by atoms with van der Waals surface area (Å²) in [7, 11) is 1.31. The minimum Gasteiger partial charge on any atom is -0.467 e. The van der Waals surface area contributed by atoms with Crippen LogP contribution in [0, 0.1) is 11.8 Å². The molecule has 82 valence electrons. The lowest BCUT2D eigenvalue weighted by atomic mass is 9.80. The molecule has 14 heavy (non-hydrogen) atoms. The maximum atomic E-state index is 11.0. The zero-order valence-corrected chi connectivity index (χ0v) is 9.03. The highest BCUT2D eigenvalue weighted by Crippen LogP contribution is 2.31. The van der Waals surface area contributed by atoms with E-state index in [2.05, 4.69) is 11.7 Å². The molecule has 1 atom stereocenters. The maximum absolute atomic E-state index is 11.0. The van der Waals surface area contributed by atoms with E-state index in [1.807, 2.05) is 0 Å². The Morgan fingerprint density at radius 2 is 2.00 bits per heavy atom. The van der Waals surface area contributed by atoms with Crippen LogP contribution >= 0.6 is 0 Å². The van der Waals surface area contributed by atoms with Crippen LogP contribution in [0.3, 0.4) is 0 Å². The molecule has 1 aliphatic rings. The Morgan fingerprint density at radius 1 is 1.43 bits per heavy atom. The van der Waals surface area contributed by atoms with Gasteiger partial charge in [-0.3, -0.25) is 0 Å². The maximum Gasteiger partial charge on any atom is 0.334 e. The number of esters is 1. The molecule has 3 heteroatoms. The molecule has 0 aliphatic heterocycles. The van der Waals surface area contributed by atoms with E-state index in [9.17, 15) is 9.90 Å². The summed E-state index contributed by atoms with van der Waals surface area (Å²) in [6.07, 6.45) is 4.36. The number of hydrogen-bond acceptors (Lipinski definition) is 3. The standard InChI is InChI=1S/C11H20O3/c1-8-3-5-9(6-4-8)7-10(12)11(13)14-2/h8-10,12H,3-7H2,1-2H3. The third kappa shape index (κ3) is 3.29. The van der Waals surface area contributed by atoms with Crippen molar-refractivity contribution in [1.82, 2.24) is 0 Å². The fourth-order valence-corrected chi connectivity index (χ4v) is 2.11. The fourth-order valence-electron chi connectivity index (χ4n) is 2.11. The highest BCUT2D eigenvalue weighted by atomic mass is 16.5. The first-order valence-corrected chi connectivity index (χ1v) is 5.39. The molecule has 1 fully saturated rings. The SMILES string of the molecule is COC(=O)C(O)CC1CCC(C)CC1. The molecule has 0 radical (unpaired) electrons. The summed E-state index contributed by atoms with van der Waals surface area (Å²) in [5.41, 5.74) is 0. The Balaban J connectivity index is 2.27. The summed E-state index contributed by atoms with van der Waals surface area (Å²) in [5.74, 6) is 0.811. The highest BCUT2D eigenvalue weighted by Gasteiger charge is 2.24. The Hall–Kier alpha value is -0.570. The third-order valence-electron chi connectivity index (χ3n) is 3.17. The molecule has 1 unspecified atom stereocenters. The van der Waals surface area contributed by atoms with Crippen LogP contribution in [0.2, 0.25) is 0 Å². The number of rotatable bonds is 3. The molecule has 3 nitrogen and oxygen atoms in total. The van der Waals surface area contributed by atoms with Crippen molar-refractivity contribution in [3.05, 3.63) is 0 Å². The quantitative estimate of drug-likeness (QED) is 0.706. The van der Waals surface area contributed by atoms with Crippen molar-refractivity contribution in [3.63, 3.8) is 0 Å². The average Bonchev–Trinajstić information content (AvgIpc) is 2.20. The van der Waals surface area contributed by atoms with Crippen LogP contribution in [0.15, 0.2) is 0 Å². The van der Waals surface area contributed by atoms with Crippen molar-refractivity contribution < 1.29 is 14.6 Å². The molecule has 1 aliphatic carbocycles. The monoisotopic (exact) mass is 200 g/mol. The summed E-state index contributed by atoms with van der Waals surface area (Å²) < 4.78 is 4.49. The van der Waals surface area contributed by atoms with E-state index >= 15 is 0 Å². The molecule has 0 amide bonds. The summed E-state index contributed by atoms with van der Waals surface area (Å²) >= 11 is 0. The van der Waals surface area contributed by atoms with Gasteiger partial charge in [0, 0.05) is 0 Å². The fraction of sp³-hybridized carbons (Fsp3) is 0.909. The summed E-state index contributed by atoms with van der Waals surface area (Å²) in [5, 5.41) is 9.46. The second-order valence-electron chi connectivity index (χ2n) is 4.40. The first kappa shape index (κ1) is 11.5. The van der Waals surface area contributed by atoms with Gasteiger partial charge in [-0.2, -0.15) is 0 Å². The van der Waals surface area contributed by atoms with Gasteiger partial charge in [0.2, 0.25) is 0 Å². The number of carbonyl (C=O) groups is 1. The van der Waals surface area contributed by atoms with E-state index in [1.54, 1.807) is 0 Å². The number of methoxy groups -OCH3 is 1. The first-order valence-electron chi connectivity index (χ1n) is 5.39. The van der Waals surface area contributed by atoms with Crippen LogP contribution in [0.4, 0.5) is 0 Å². The summed E-state index contributed by atoms with van der Waals surface area (Å²) in [4.78, 5) is 11.0. The second kappa shape index (κ2) is 5.35. The summed E-state index contributed by atoms with van der Waals surface area (Å²) in [6, 6.07) is 0. The van der Waals surface area contributed by atoms with Gasteiger partial charge in [-0.15, -0.1) is 0 Å². The first-order chi connectivity index (χ1) is 6.63. The zero-order chi connectivity index (χ0) is 10.6. The van der Waals surface area contributed by atoms with Gasteiger partial charge < -0.3 is 9.84 Å². The van der Waals surface area contributed by atoms with Crippen molar-refractivity contribution in [2.24, 2.45) is 11.8 Å². The van der Waals surface area contributed by atoms with E-state index in [4.69, 9.17) is 0 Å². The molecule has 0 spiro atoms. The van der Waals surface area contributed by atoms with Gasteiger partial charge in [-0.1, -0.05) is 32.6 Å². The van der Waals surface area contributed by atoms with Gasteiger partial charge in [0.1, 0.15) is 0 Å². The zero-order valence-electron chi connectivity index (χ0n) is 9.03. The minimum atomic E-state index is -0.918. The Labute approximate surface area is 85.5 Å². The Kier molecular flexibility index (Phi) is 4.39. The Bertz CT molecular complexity index is 183. The molecule has 0 aromatic heterocycles. The Morgan fingerprint density at radius 3 is 2.50 bits per heavy atom. The van der Waals surface area contributed by atoms with Gasteiger partial charge in [-0.25, -0.2) is 4.79 Å². The van der Waals surface area contributed by atoms with E-state index in [0.29, 0.717) is 12.3 Å². The van der Waals surface area contributed by atoms with Crippen LogP contribution in [0.5, 0.6) is 0 Å². The van der Waals surface area contributed by atoms with Crippen molar-refractivity contribution >= 4 is 5.97 Å². The number of hydrogen-bond donors (Lipinski definition) is 1. The molecule has 0 saturated heterocycles. The smallest absolute Gasteiger partial charge is 0.334 e. The van der Waals surface area contributed by atoms with Gasteiger partial charge >= 0.3 is 5.97 Å². The van der Waals surface area contributed by atoms with Gasteiger partial charge in [0.25, 0.3) is 0 Å². The number of aliphatic hydroxyl groups excluding tert-OH is 1. The summed E-state index contributed by atoms with van der Waals surface area (Å²) in [6.45, 7) is 2.26. The molecule has 1 N–H and O–H groups in total. The molecule has 0 heterocycles. The predicted molar refractivity (Wildman–Crippen MR) is 53.8 cm³/mol. The average molecular weight is 200 g/mol. The second-order valence-corrected chi connectivity index (χ2v) is 4.40. The van der Waals surface area contributed by atoms with Crippen LogP contribution in [0.25, 0.3) is 0 Å². The van der Waals surface area contributed by atoms with Crippen molar-refractivity contribution in [3.8, 4) is 0 Å². The van der Waals surface area contributed by atoms with E-state index < -0.39 is 12.1 Å². The molecule has 1 saturated carbocycles. The molecule has 1 rings (SSSR count). The van der Waals surface area contributed by atoms with E-state index in [-0.39, 0.29) is 0 Å². The largest absolute Gasteiger partial charge is 0.467 e. The van der Waals surface area contributed by atoms with Crippen LogP contribution in [-0.2, 0) is 9.53 Å². The van der Waals surface area contributed by atoms with Gasteiger partial charge in [0.05, 0.1) is 7.11 Å². The van der Waals surface area contributed by atoms with Crippen LogP contribution in [0.1, 0.15) is 39.0 Å². The lowest BCUT2D eigenvalue weighted by Gasteiger charge is -2.26. The predicted octanol–water partition coefficient (Wildman–Crippen LogP) is 1.74. The third-order valence-corrected chi connectivity index (χ3v) is 3.17. The molecule has 0 bridgehead atoms. The van der Waals surface area contributed by atoms with Crippen molar-refractivity contribution in [2.75, 3.05) is 7.11 Å². The molecule has 0 aromatic rings. The van der Waals surface area contributed by atoms with E-state index in [0.717, 1.165) is 18.8 Å². The van der Waals surface area contributed by atoms with Crippen molar-refractivity contribution in [2.45, 2.75) is 45.1 Å². The normalized spacial score (nSPS) is 29.6. The van der Waals surface area contributed by atoms with Gasteiger partial charge in [-0.05, 0) is 18.3 Å². The molecule has 0 aromatic carbocycles.